The van der Waals surface area contributed by atoms with Gasteiger partial charge in [0.05, 0.1) is 10.6 Å². The fourth-order valence-corrected chi connectivity index (χ4v) is 3.21. The summed E-state index contributed by atoms with van der Waals surface area (Å²) in [5.74, 6) is -0.633. The molecule has 0 radical (unpaired) electrons. The molecule has 0 atom stereocenters. The van der Waals surface area contributed by atoms with Crippen molar-refractivity contribution in [2.24, 2.45) is 5.73 Å². The molecule has 0 heterocycles. The van der Waals surface area contributed by atoms with Crippen molar-refractivity contribution in [3.05, 3.63) is 58.4 Å². The van der Waals surface area contributed by atoms with Crippen LogP contribution >= 0.6 is 11.6 Å². The number of nitrogens with two attached hydrogens (primary N) is 1. The van der Waals surface area contributed by atoms with Gasteiger partial charge in [-0.25, -0.2) is 12.8 Å². The molecular weight excluding hydrogens is 315 g/mol. The Hall–Kier alpha value is -1.63. The average molecular weight is 329 g/mol. The summed E-state index contributed by atoms with van der Waals surface area (Å²) < 4.78 is 40.6. The van der Waals surface area contributed by atoms with Crippen molar-refractivity contribution in [1.29, 1.82) is 0 Å². The van der Waals surface area contributed by atoms with Crippen molar-refractivity contribution in [3.63, 3.8) is 0 Å². The maximum atomic E-state index is 13.7. The molecule has 2 rings (SSSR count). The van der Waals surface area contributed by atoms with Gasteiger partial charge in [0.1, 0.15) is 5.82 Å². The fraction of sp³-hybridized carbons (Fsp3) is 0.143. The van der Waals surface area contributed by atoms with Crippen LogP contribution in [0.1, 0.15) is 11.1 Å². The summed E-state index contributed by atoms with van der Waals surface area (Å²) in [5.41, 5.74) is 6.43. The van der Waals surface area contributed by atoms with E-state index in [1.807, 2.05) is 0 Å². The summed E-state index contributed by atoms with van der Waals surface area (Å²) in [4.78, 5) is -0.0185. The number of halogens is 2. The van der Waals surface area contributed by atoms with Crippen molar-refractivity contribution in [1.82, 2.24) is 0 Å². The lowest BCUT2D eigenvalue weighted by Crippen LogP contribution is -2.15. The Morgan fingerprint density at radius 1 is 1.29 bits per heavy atom. The highest BCUT2D eigenvalue weighted by molar-refractivity contribution is 7.92. The zero-order chi connectivity index (χ0) is 15.6. The largest absolute Gasteiger partial charge is 0.326 e. The minimum absolute atomic E-state index is 0.0185. The van der Waals surface area contributed by atoms with Crippen molar-refractivity contribution >= 4 is 27.3 Å². The van der Waals surface area contributed by atoms with Crippen LogP contribution in [0.15, 0.2) is 41.3 Å². The molecule has 0 aliphatic heterocycles. The SMILES string of the molecule is Cc1cccc(F)c1NS(=O)(=O)c1ccc(Cl)c(CN)c1. The maximum absolute atomic E-state index is 13.7. The Labute approximate surface area is 127 Å². The van der Waals surface area contributed by atoms with E-state index in [9.17, 15) is 12.8 Å². The monoisotopic (exact) mass is 328 g/mol. The van der Waals surface area contributed by atoms with E-state index in [1.165, 1.54) is 30.3 Å². The van der Waals surface area contributed by atoms with Crippen molar-refractivity contribution in [2.45, 2.75) is 18.4 Å². The minimum Gasteiger partial charge on any atom is -0.326 e. The normalized spacial score (nSPS) is 11.4. The number of nitrogens with one attached hydrogen (secondary N) is 1. The Morgan fingerprint density at radius 3 is 2.62 bits per heavy atom. The van der Waals surface area contributed by atoms with Gasteiger partial charge in [-0.3, -0.25) is 4.72 Å². The fourth-order valence-electron chi connectivity index (χ4n) is 1.83. The molecule has 0 aliphatic rings. The number of anilines is 1. The molecule has 2 aromatic carbocycles. The molecule has 2 aromatic rings. The highest BCUT2D eigenvalue weighted by Crippen LogP contribution is 2.25. The quantitative estimate of drug-likeness (QED) is 0.906. The molecule has 0 unspecified atom stereocenters. The number of hydrogen-bond acceptors (Lipinski definition) is 3. The summed E-state index contributed by atoms with van der Waals surface area (Å²) in [6, 6.07) is 8.50. The van der Waals surface area contributed by atoms with Gasteiger partial charge in [-0.1, -0.05) is 23.7 Å². The van der Waals surface area contributed by atoms with Crippen LogP contribution in [-0.2, 0) is 16.6 Å². The van der Waals surface area contributed by atoms with E-state index in [-0.39, 0.29) is 17.1 Å². The molecule has 0 spiro atoms. The molecule has 0 saturated heterocycles. The first-order valence-corrected chi connectivity index (χ1v) is 7.97. The number of rotatable bonds is 4. The number of hydrogen-bond donors (Lipinski definition) is 2. The summed E-state index contributed by atoms with van der Waals surface area (Å²) in [6.07, 6.45) is 0. The summed E-state index contributed by atoms with van der Waals surface area (Å²) in [5, 5.41) is 0.388. The lowest BCUT2D eigenvalue weighted by atomic mass is 10.2. The van der Waals surface area contributed by atoms with Gasteiger partial charge < -0.3 is 5.73 Å². The van der Waals surface area contributed by atoms with Gasteiger partial charge in [0.15, 0.2) is 0 Å². The molecule has 0 bridgehead atoms. The van der Waals surface area contributed by atoms with Crippen LogP contribution in [0.4, 0.5) is 10.1 Å². The molecule has 0 amide bonds. The topological polar surface area (TPSA) is 72.2 Å². The molecule has 0 fully saturated rings. The van der Waals surface area contributed by atoms with E-state index < -0.39 is 15.8 Å². The predicted molar refractivity (Wildman–Crippen MR) is 81.3 cm³/mol. The lowest BCUT2D eigenvalue weighted by Gasteiger charge is -2.12. The summed E-state index contributed by atoms with van der Waals surface area (Å²) in [6.45, 7) is 1.73. The van der Waals surface area contributed by atoms with Gasteiger partial charge >= 0.3 is 0 Å². The Balaban J connectivity index is 2.44. The second kappa shape index (κ2) is 6.01. The van der Waals surface area contributed by atoms with Gasteiger partial charge in [-0.05, 0) is 42.3 Å². The third-order valence-electron chi connectivity index (χ3n) is 3.01. The molecule has 0 aromatic heterocycles. The first-order valence-electron chi connectivity index (χ1n) is 6.11. The van der Waals surface area contributed by atoms with Crippen LogP contribution in [-0.4, -0.2) is 8.42 Å². The smallest absolute Gasteiger partial charge is 0.262 e. The lowest BCUT2D eigenvalue weighted by molar-refractivity contribution is 0.598. The van der Waals surface area contributed by atoms with Crippen molar-refractivity contribution in [2.75, 3.05) is 4.72 Å². The molecule has 3 N–H and O–H groups in total. The Morgan fingerprint density at radius 2 is 2.00 bits per heavy atom. The number of benzene rings is 2. The second-order valence-electron chi connectivity index (χ2n) is 4.49. The molecule has 112 valence electrons. The average Bonchev–Trinajstić information content (AvgIpc) is 2.43. The van der Waals surface area contributed by atoms with E-state index in [1.54, 1.807) is 13.0 Å². The summed E-state index contributed by atoms with van der Waals surface area (Å²) in [7, 11) is -3.91. The molecule has 0 saturated carbocycles. The van der Waals surface area contributed by atoms with Crippen LogP contribution in [0, 0.1) is 12.7 Å². The van der Waals surface area contributed by atoms with Gasteiger partial charge in [-0.15, -0.1) is 0 Å². The van der Waals surface area contributed by atoms with Crippen molar-refractivity contribution in [3.8, 4) is 0 Å². The predicted octanol–water partition coefficient (Wildman–Crippen LogP) is 3.05. The number of para-hydroxylation sites is 1. The number of sulfonamides is 1. The zero-order valence-electron chi connectivity index (χ0n) is 11.2. The van der Waals surface area contributed by atoms with Gasteiger partial charge in [0.25, 0.3) is 10.0 Å². The van der Waals surface area contributed by atoms with Crippen LogP contribution in [0.5, 0.6) is 0 Å². The van der Waals surface area contributed by atoms with Gasteiger partial charge in [-0.2, -0.15) is 0 Å². The number of aryl methyl sites for hydroxylation is 1. The van der Waals surface area contributed by atoms with E-state index in [2.05, 4.69) is 4.72 Å². The molecule has 7 heteroatoms. The maximum Gasteiger partial charge on any atom is 0.262 e. The minimum atomic E-state index is -3.91. The molecule has 0 aliphatic carbocycles. The van der Waals surface area contributed by atoms with E-state index >= 15 is 0 Å². The van der Waals surface area contributed by atoms with E-state index in [0.29, 0.717) is 16.1 Å². The third-order valence-corrected chi connectivity index (χ3v) is 4.72. The van der Waals surface area contributed by atoms with Crippen LogP contribution < -0.4 is 10.5 Å². The van der Waals surface area contributed by atoms with Crippen LogP contribution in [0.25, 0.3) is 0 Å². The first-order chi connectivity index (χ1) is 9.85. The van der Waals surface area contributed by atoms with E-state index in [0.717, 1.165) is 0 Å². The van der Waals surface area contributed by atoms with Crippen molar-refractivity contribution < 1.29 is 12.8 Å². The second-order valence-corrected chi connectivity index (χ2v) is 6.58. The Bertz CT molecular complexity index is 758. The van der Waals surface area contributed by atoms with Gasteiger partial charge in [0.2, 0.25) is 0 Å². The third kappa shape index (κ3) is 3.34. The van der Waals surface area contributed by atoms with Gasteiger partial charge in [0, 0.05) is 11.6 Å². The highest BCUT2D eigenvalue weighted by Gasteiger charge is 2.18. The molecule has 4 nitrogen and oxygen atoms in total. The van der Waals surface area contributed by atoms with E-state index in [4.69, 9.17) is 17.3 Å². The Kier molecular flexibility index (Phi) is 4.51. The first kappa shape index (κ1) is 15.8. The zero-order valence-corrected chi connectivity index (χ0v) is 12.8. The van der Waals surface area contributed by atoms with Crippen LogP contribution in [0.3, 0.4) is 0 Å². The molecule has 21 heavy (non-hydrogen) atoms. The van der Waals surface area contributed by atoms with Crippen LogP contribution in [0.2, 0.25) is 5.02 Å². The summed E-state index contributed by atoms with van der Waals surface area (Å²) >= 11 is 5.90. The highest BCUT2D eigenvalue weighted by atomic mass is 35.5. The molecular formula is C14H14ClFN2O2S. The standard InChI is InChI=1S/C14H14ClFN2O2S/c1-9-3-2-4-13(16)14(9)18-21(19,20)11-5-6-12(15)10(7-11)8-17/h2-7,18H,8,17H2,1H3.